The number of alkyl carbamates (subject to hydrolysis) is 1. The second-order valence-electron chi connectivity index (χ2n) is 11.6. The molecule has 220 valence electrons. The molecule has 2 unspecified atom stereocenters. The topological polar surface area (TPSA) is 87.7 Å². The Kier molecular flexibility index (Phi) is 10.8. The van der Waals surface area contributed by atoms with Crippen LogP contribution in [-0.2, 0) is 14.3 Å². The van der Waals surface area contributed by atoms with Gasteiger partial charge in [0.25, 0.3) is 5.91 Å². The molecule has 0 fully saturated rings. The van der Waals surface area contributed by atoms with Crippen molar-refractivity contribution in [2.45, 2.75) is 78.6 Å². The zero-order chi connectivity index (χ0) is 30.3. The van der Waals surface area contributed by atoms with Crippen molar-refractivity contribution < 1.29 is 19.1 Å². The van der Waals surface area contributed by atoms with E-state index in [0.717, 1.165) is 27.5 Å². The number of amides is 3. The number of hydrogen-bond donors (Lipinski definition) is 2. The van der Waals surface area contributed by atoms with Gasteiger partial charge in [-0.05, 0) is 106 Å². The van der Waals surface area contributed by atoms with E-state index in [4.69, 9.17) is 4.74 Å². The zero-order valence-electron chi connectivity index (χ0n) is 25.4. The van der Waals surface area contributed by atoms with E-state index in [-0.39, 0.29) is 17.9 Å². The van der Waals surface area contributed by atoms with Crippen LogP contribution < -0.4 is 10.6 Å². The van der Waals surface area contributed by atoms with Crippen LogP contribution in [0.3, 0.4) is 0 Å². The SMILES string of the molecule is CSCCC(NC(=O)OC(C)(C)C)C(=O)N(C(C)C)C(C(=O)Nc1ccc2ccccc2c1)c1cccc(C)c1C. The highest BCUT2D eigenvalue weighted by atomic mass is 32.2. The fourth-order valence-corrected chi connectivity index (χ4v) is 5.24. The Morgan fingerprint density at radius 3 is 2.27 bits per heavy atom. The maximum absolute atomic E-state index is 14.3. The lowest BCUT2D eigenvalue weighted by molar-refractivity contribution is -0.143. The van der Waals surface area contributed by atoms with Gasteiger partial charge in [-0.2, -0.15) is 11.8 Å². The fourth-order valence-electron chi connectivity index (χ4n) is 4.77. The molecule has 0 aromatic heterocycles. The molecule has 41 heavy (non-hydrogen) atoms. The van der Waals surface area contributed by atoms with Crippen LogP contribution in [0.25, 0.3) is 10.8 Å². The van der Waals surface area contributed by atoms with Crippen molar-refractivity contribution >= 4 is 46.1 Å². The summed E-state index contributed by atoms with van der Waals surface area (Å²) in [6.07, 6.45) is 1.68. The molecular weight excluding hydrogens is 534 g/mol. The van der Waals surface area contributed by atoms with Gasteiger partial charge in [-0.1, -0.05) is 48.5 Å². The number of ether oxygens (including phenoxy) is 1. The summed E-state index contributed by atoms with van der Waals surface area (Å²) in [6, 6.07) is 17.4. The third-order valence-electron chi connectivity index (χ3n) is 6.90. The first kappa shape index (κ1) is 32.0. The van der Waals surface area contributed by atoms with Crippen molar-refractivity contribution in [2.24, 2.45) is 0 Å². The van der Waals surface area contributed by atoms with Crippen molar-refractivity contribution in [2.75, 3.05) is 17.3 Å². The third-order valence-corrected chi connectivity index (χ3v) is 7.54. The maximum Gasteiger partial charge on any atom is 0.408 e. The Bertz CT molecular complexity index is 1380. The molecule has 0 heterocycles. The summed E-state index contributed by atoms with van der Waals surface area (Å²) in [4.78, 5) is 42.8. The van der Waals surface area contributed by atoms with E-state index in [2.05, 4.69) is 10.6 Å². The predicted octanol–water partition coefficient (Wildman–Crippen LogP) is 7.02. The lowest BCUT2D eigenvalue weighted by Gasteiger charge is -2.38. The van der Waals surface area contributed by atoms with Crippen LogP contribution in [0.1, 0.15) is 63.8 Å². The lowest BCUT2D eigenvalue weighted by Crippen LogP contribution is -2.54. The summed E-state index contributed by atoms with van der Waals surface area (Å²) in [5, 5.41) is 7.94. The maximum atomic E-state index is 14.3. The number of nitrogens with zero attached hydrogens (tertiary/aromatic N) is 1. The van der Waals surface area contributed by atoms with E-state index in [1.807, 2.05) is 94.6 Å². The number of anilines is 1. The molecule has 2 atom stereocenters. The number of carbonyl (C=O) groups is 3. The van der Waals surface area contributed by atoms with E-state index in [1.54, 1.807) is 37.4 Å². The molecular formula is C33H43N3O4S. The molecule has 3 rings (SSSR count). The van der Waals surface area contributed by atoms with Gasteiger partial charge in [0.15, 0.2) is 0 Å². The summed E-state index contributed by atoms with van der Waals surface area (Å²) in [6.45, 7) is 13.1. The Morgan fingerprint density at radius 2 is 1.63 bits per heavy atom. The van der Waals surface area contributed by atoms with E-state index >= 15 is 0 Å². The van der Waals surface area contributed by atoms with Crippen molar-refractivity contribution in [3.05, 3.63) is 77.4 Å². The minimum atomic E-state index is -0.925. The molecule has 0 bridgehead atoms. The summed E-state index contributed by atoms with van der Waals surface area (Å²) in [5.41, 5.74) is 2.63. The van der Waals surface area contributed by atoms with Gasteiger partial charge in [-0.25, -0.2) is 4.79 Å². The molecule has 7 nitrogen and oxygen atoms in total. The third kappa shape index (κ3) is 8.49. The normalized spacial score (nSPS) is 13.0. The largest absolute Gasteiger partial charge is 0.444 e. The summed E-state index contributed by atoms with van der Waals surface area (Å²) < 4.78 is 5.47. The molecule has 0 aliphatic carbocycles. The molecule has 0 saturated heterocycles. The first-order valence-electron chi connectivity index (χ1n) is 14.0. The molecule has 0 aliphatic rings. The Morgan fingerprint density at radius 1 is 0.951 bits per heavy atom. The number of fused-ring (bicyclic) bond motifs is 1. The number of carbonyl (C=O) groups excluding carboxylic acids is 3. The number of thioether (sulfide) groups is 1. The number of hydrogen-bond acceptors (Lipinski definition) is 5. The van der Waals surface area contributed by atoms with Crippen LogP contribution in [0.4, 0.5) is 10.5 Å². The number of aryl methyl sites for hydroxylation is 1. The quantitative estimate of drug-likeness (QED) is 0.270. The molecule has 3 amide bonds. The standard InChI is InChI=1S/C33H43N3O4S/c1-21(2)36(31(38)28(18-19-41-8)35-32(39)40-33(5,6)7)29(27-15-11-12-22(3)23(27)4)30(37)34-26-17-16-24-13-9-10-14-25(24)20-26/h9-17,20-21,28-29H,18-19H2,1-8H3,(H,34,37)(H,35,39). The van der Waals surface area contributed by atoms with Crippen LogP contribution >= 0.6 is 11.8 Å². The van der Waals surface area contributed by atoms with Gasteiger partial charge in [0.05, 0.1) is 0 Å². The van der Waals surface area contributed by atoms with E-state index in [9.17, 15) is 14.4 Å². The van der Waals surface area contributed by atoms with E-state index in [0.29, 0.717) is 17.9 Å². The summed E-state index contributed by atoms with van der Waals surface area (Å²) >= 11 is 1.58. The van der Waals surface area contributed by atoms with Gasteiger partial charge in [-0.3, -0.25) is 9.59 Å². The fraction of sp³-hybridized carbons (Fsp3) is 0.424. The molecule has 3 aromatic carbocycles. The smallest absolute Gasteiger partial charge is 0.408 e. The van der Waals surface area contributed by atoms with Crippen LogP contribution in [0, 0.1) is 13.8 Å². The minimum absolute atomic E-state index is 0.322. The van der Waals surface area contributed by atoms with E-state index in [1.165, 1.54) is 0 Å². The van der Waals surface area contributed by atoms with Crippen LogP contribution in [-0.4, -0.2) is 52.5 Å². The highest BCUT2D eigenvalue weighted by Gasteiger charge is 2.38. The van der Waals surface area contributed by atoms with Crippen LogP contribution in [0.2, 0.25) is 0 Å². The molecule has 0 saturated carbocycles. The van der Waals surface area contributed by atoms with Crippen molar-refractivity contribution in [3.8, 4) is 0 Å². The van der Waals surface area contributed by atoms with Gasteiger partial charge in [0, 0.05) is 11.7 Å². The molecule has 0 spiro atoms. The molecule has 0 aliphatic heterocycles. The van der Waals surface area contributed by atoms with Gasteiger partial charge < -0.3 is 20.3 Å². The summed E-state index contributed by atoms with van der Waals surface area (Å²) in [7, 11) is 0. The first-order valence-corrected chi connectivity index (χ1v) is 15.4. The second kappa shape index (κ2) is 13.9. The van der Waals surface area contributed by atoms with Crippen LogP contribution in [0.15, 0.2) is 60.7 Å². The van der Waals surface area contributed by atoms with Gasteiger partial charge in [0.1, 0.15) is 17.7 Å². The van der Waals surface area contributed by atoms with Gasteiger partial charge in [-0.15, -0.1) is 0 Å². The van der Waals surface area contributed by atoms with Gasteiger partial charge >= 0.3 is 6.09 Å². The van der Waals surface area contributed by atoms with Crippen molar-refractivity contribution in [1.29, 1.82) is 0 Å². The first-order chi connectivity index (χ1) is 19.3. The Labute approximate surface area is 248 Å². The second-order valence-corrected chi connectivity index (χ2v) is 12.5. The highest BCUT2D eigenvalue weighted by Crippen LogP contribution is 2.31. The monoisotopic (exact) mass is 577 g/mol. The van der Waals surface area contributed by atoms with E-state index < -0.39 is 23.8 Å². The average Bonchev–Trinajstić information content (AvgIpc) is 2.89. The summed E-state index contributed by atoms with van der Waals surface area (Å²) in [5.74, 6) is -0.00774. The van der Waals surface area contributed by atoms with Crippen molar-refractivity contribution in [3.63, 3.8) is 0 Å². The minimum Gasteiger partial charge on any atom is -0.444 e. The average molecular weight is 578 g/mol. The zero-order valence-corrected chi connectivity index (χ0v) is 26.2. The van der Waals surface area contributed by atoms with Gasteiger partial charge in [0.2, 0.25) is 5.91 Å². The Hall–Kier alpha value is -3.52. The Balaban J connectivity index is 2.05. The molecule has 3 aromatic rings. The van der Waals surface area contributed by atoms with Crippen LogP contribution in [0.5, 0.6) is 0 Å². The molecule has 2 N–H and O–H groups in total. The lowest BCUT2D eigenvalue weighted by atomic mass is 9.94. The number of nitrogens with one attached hydrogen (secondary N) is 2. The number of benzene rings is 3. The highest BCUT2D eigenvalue weighted by molar-refractivity contribution is 7.98. The molecule has 8 heteroatoms. The number of rotatable bonds is 10. The van der Waals surface area contributed by atoms with Crippen molar-refractivity contribution in [1.82, 2.24) is 10.2 Å². The molecule has 0 radical (unpaired) electrons. The predicted molar refractivity (Wildman–Crippen MR) is 169 cm³/mol.